The molecule has 0 bridgehead atoms. The molecule has 1 aliphatic rings. The third kappa shape index (κ3) is 2.28. The molecule has 4 heterocycles. The average molecular weight is 298 g/mol. The minimum absolute atomic E-state index is 0.0796. The highest BCUT2D eigenvalue weighted by Crippen LogP contribution is 2.18. The number of carbonyl (C=O) groups excluding carboxylic acids is 1. The van der Waals surface area contributed by atoms with Crippen molar-refractivity contribution in [1.82, 2.24) is 25.1 Å². The number of hydrogen-bond donors (Lipinski definition) is 1. The van der Waals surface area contributed by atoms with Crippen LogP contribution in [0.15, 0.2) is 41.3 Å². The first-order valence-electron chi connectivity index (χ1n) is 7.06. The van der Waals surface area contributed by atoms with Crippen LogP contribution in [0.25, 0.3) is 5.65 Å². The van der Waals surface area contributed by atoms with E-state index in [1.165, 1.54) is 6.26 Å². The van der Waals surface area contributed by atoms with Crippen molar-refractivity contribution >= 4 is 17.4 Å². The van der Waals surface area contributed by atoms with Gasteiger partial charge in [0, 0.05) is 19.1 Å². The molecule has 3 aromatic rings. The summed E-state index contributed by atoms with van der Waals surface area (Å²) in [7, 11) is 0. The molecule has 1 fully saturated rings. The third-order valence-corrected chi connectivity index (χ3v) is 3.74. The first kappa shape index (κ1) is 12.8. The van der Waals surface area contributed by atoms with Crippen molar-refractivity contribution in [3.05, 3.63) is 42.6 Å². The molecule has 8 heteroatoms. The van der Waals surface area contributed by atoms with Gasteiger partial charge in [0.1, 0.15) is 12.1 Å². The van der Waals surface area contributed by atoms with Crippen LogP contribution in [0.4, 0.5) is 5.82 Å². The summed E-state index contributed by atoms with van der Waals surface area (Å²) in [6.45, 7) is 1.55. The van der Waals surface area contributed by atoms with Gasteiger partial charge in [-0.1, -0.05) is 0 Å². The van der Waals surface area contributed by atoms with Crippen molar-refractivity contribution in [3.63, 3.8) is 0 Å². The van der Waals surface area contributed by atoms with Gasteiger partial charge in [-0.15, -0.1) is 15.3 Å². The van der Waals surface area contributed by atoms with E-state index in [1.807, 2.05) is 12.1 Å². The Kier molecular flexibility index (Phi) is 2.99. The Morgan fingerprint density at radius 1 is 1.36 bits per heavy atom. The quantitative estimate of drug-likeness (QED) is 0.766. The number of amides is 1. The highest BCUT2D eigenvalue weighted by molar-refractivity contribution is 5.91. The van der Waals surface area contributed by atoms with E-state index in [9.17, 15) is 4.79 Å². The molecule has 1 atom stereocenters. The van der Waals surface area contributed by atoms with Crippen molar-refractivity contribution in [2.75, 3.05) is 18.0 Å². The Balaban J connectivity index is 1.44. The Hall–Kier alpha value is -2.90. The second kappa shape index (κ2) is 5.14. The summed E-state index contributed by atoms with van der Waals surface area (Å²) >= 11 is 0. The van der Waals surface area contributed by atoms with Crippen LogP contribution in [0, 0.1) is 0 Å². The molecule has 0 radical (unpaired) electrons. The maximum atomic E-state index is 12.0. The highest BCUT2D eigenvalue weighted by Gasteiger charge is 2.26. The normalized spacial score (nSPS) is 18.0. The molecule has 4 rings (SSSR count). The summed E-state index contributed by atoms with van der Waals surface area (Å²) in [6.07, 6.45) is 3.94. The van der Waals surface area contributed by atoms with Gasteiger partial charge in [-0.05, 0) is 30.7 Å². The molecule has 0 aromatic carbocycles. The maximum Gasteiger partial charge on any atom is 0.287 e. The number of fused-ring (bicyclic) bond motifs is 1. The maximum absolute atomic E-state index is 12.0. The van der Waals surface area contributed by atoms with Gasteiger partial charge in [0.05, 0.1) is 6.26 Å². The predicted octanol–water partition coefficient (Wildman–Crippen LogP) is 0.726. The first-order valence-corrected chi connectivity index (χ1v) is 7.06. The van der Waals surface area contributed by atoms with Crippen molar-refractivity contribution in [2.24, 2.45) is 0 Å². The van der Waals surface area contributed by atoms with Gasteiger partial charge in [-0.2, -0.15) is 4.52 Å². The summed E-state index contributed by atoms with van der Waals surface area (Å²) < 4.78 is 6.74. The van der Waals surface area contributed by atoms with Crippen LogP contribution in [0.1, 0.15) is 17.0 Å². The van der Waals surface area contributed by atoms with E-state index in [4.69, 9.17) is 4.42 Å². The summed E-state index contributed by atoms with van der Waals surface area (Å²) in [5.74, 6) is 1.00. The molecule has 8 nitrogen and oxygen atoms in total. The molecule has 1 unspecified atom stereocenters. The molecule has 0 aliphatic carbocycles. The SMILES string of the molecule is O=C(NC1CCN(c2ccc3nncn3n2)C1)c1ccco1. The Bertz CT molecular complexity index is 797. The third-order valence-electron chi connectivity index (χ3n) is 3.74. The van der Waals surface area contributed by atoms with E-state index in [-0.39, 0.29) is 11.9 Å². The van der Waals surface area contributed by atoms with Crippen molar-refractivity contribution in [3.8, 4) is 0 Å². The fraction of sp³-hybridized carbons (Fsp3) is 0.286. The van der Waals surface area contributed by atoms with Gasteiger partial charge in [0.2, 0.25) is 0 Å². The van der Waals surface area contributed by atoms with Crippen LogP contribution in [-0.2, 0) is 0 Å². The average Bonchev–Trinajstić information content (AvgIpc) is 3.27. The van der Waals surface area contributed by atoms with Gasteiger partial charge in [0.25, 0.3) is 5.91 Å². The van der Waals surface area contributed by atoms with E-state index in [2.05, 4.69) is 25.5 Å². The number of furan rings is 1. The lowest BCUT2D eigenvalue weighted by Crippen LogP contribution is -2.37. The number of rotatable bonds is 3. The number of nitrogens with one attached hydrogen (secondary N) is 1. The van der Waals surface area contributed by atoms with E-state index >= 15 is 0 Å². The topological polar surface area (TPSA) is 88.6 Å². The molecule has 1 N–H and O–H groups in total. The summed E-state index contributed by atoms with van der Waals surface area (Å²) in [5, 5.41) is 15.2. The summed E-state index contributed by atoms with van der Waals surface area (Å²) in [4.78, 5) is 14.1. The van der Waals surface area contributed by atoms with Crippen LogP contribution >= 0.6 is 0 Å². The van der Waals surface area contributed by atoms with Crippen molar-refractivity contribution in [1.29, 1.82) is 0 Å². The zero-order valence-electron chi connectivity index (χ0n) is 11.7. The molecule has 0 saturated carbocycles. The monoisotopic (exact) mass is 298 g/mol. The number of hydrogen-bond acceptors (Lipinski definition) is 6. The number of aromatic nitrogens is 4. The number of nitrogens with zero attached hydrogens (tertiary/aromatic N) is 5. The molecule has 1 aliphatic heterocycles. The Labute approximate surface area is 125 Å². The zero-order chi connectivity index (χ0) is 14.9. The molecule has 0 spiro atoms. The molecule has 1 amide bonds. The second-order valence-corrected chi connectivity index (χ2v) is 5.21. The number of carbonyl (C=O) groups is 1. The standard InChI is InChI=1S/C14H14N6O2/c21-14(11-2-1-7-22-11)16-10-5-6-19(8-10)13-4-3-12-17-15-9-20(12)18-13/h1-4,7,9-10H,5-6,8H2,(H,16,21). The van der Waals surface area contributed by atoms with Crippen molar-refractivity contribution in [2.45, 2.75) is 12.5 Å². The second-order valence-electron chi connectivity index (χ2n) is 5.21. The van der Waals surface area contributed by atoms with Gasteiger partial charge >= 0.3 is 0 Å². The van der Waals surface area contributed by atoms with Gasteiger partial charge in [-0.25, -0.2) is 0 Å². The first-order chi connectivity index (χ1) is 10.8. The fourth-order valence-electron chi connectivity index (χ4n) is 2.64. The summed E-state index contributed by atoms with van der Waals surface area (Å²) in [5.41, 5.74) is 0.714. The van der Waals surface area contributed by atoms with Gasteiger partial charge in [0.15, 0.2) is 11.4 Å². The van der Waals surface area contributed by atoms with Crippen LogP contribution < -0.4 is 10.2 Å². The lowest BCUT2D eigenvalue weighted by molar-refractivity contribution is 0.0912. The van der Waals surface area contributed by atoms with Crippen LogP contribution in [0.3, 0.4) is 0 Å². The molecule has 3 aromatic heterocycles. The van der Waals surface area contributed by atoms with Crippen molar-refractivity contribution < 1.29 is 9.21 Å². The van der Waals surface area contributed by atoms with Gasteiger partial charge in [-0.3, -0.25) is 4.79 Å². The highest BCUT2D eigenvalue weighted by atomic mass is 16.3. The van der Waals surface area contributed by atoms with E-state index < -0.39 is 0 Å². The molecular weight excluding hydrogens is 284 g/mol. The van der Waals surface area contributed by atoms with Crippen LogP contribution in [-0.4, -0.2) is 44.8 Å². The summed E-state index contributed by atoms with van der Waals surface area (Å²) in [6, 6.07) is 7.23. The lowest BCUT2D eigenvalue weighted by Gasteiger charge is -2.17. The molecular formula is C14H14N6O2. The Morgan fingerprint density at radius 2 is 2.32 bits per heavy atom. The fourth-order valence-corrected chi connectivity index (χ4v) is 2.64. The number of anilines is 1. The zero-order valence-corrected chi connectivity index (χ0v) is 11.7. The molecule has 22 heavy (non-hydrogen) atoms. The molecule has 112 valence electrons. The predicted molar refractivity (Wildman–Crippen MR) is 77.6 cm³/mol. The van der Waals surface area contributed by atoms with Gasteiger partial charge < -0.3 is 14.6 Å². The van der Waals surface area contributed by atoms with E-state index in [1.54, 1.807) is 23.0 Å². The van der Waals surface area contributed by atoms with Crippen LogP contribution in [0.5, 0.6) is 0 Å². The minimum Gasteiger partial charge on any atom is -0.459 e. The van der Waals surface area contributed by atoms with Crippen LogP contribution in [0.2, 0.25) is 0 Å². The van der Waals surface area contributed by atoms with E-state index in [0.29, 0.717) is 18.0 Å². The lowest BCUT2D eigenvalue weighted by atomic mass is 10.2. The Morgan fingerprint density at radius 3 is 3.18 bits per heavy atom. The minimum atomic E-state index is -0.181. The largest absolute Gasteiger partial charge is 0.459 e. The molecule has 1 saturated heterocycles. The van der Waals surface area contributed by atoms with E-state index in [0.717, 1.165) is 18.8 Å². The smallest absolute Gasteiger partial charge is 0.287 e.